The van der Waals surface area contributed by atoms with E-state index >= 15 is 0 Å². The van der Waals surface area contributed by atoms with Crippen molar-refractivity contribution in [2.45, 2.75) is 64.0 Å². The van der Waals surface area contributed by atoms with Crippen LogP contribution in [0.25, 0.3) is 11.0 Å². The molecular formula is C21H30N8O. The van der Waals surface area contributed by atoms with Crippen LogP contribution < -0.4 is 10.1 Å². The molecule has 9 nitrogen and oxygen atoms in total. The first kappa shape index (κ1) is 19.3. The second kappa shape index (κ2) is 7.23. The topological polar surface area (TPSA) is 96.8 Å². The van der Waals surface area contributed by atoms with Gasteiger partial charge in [-0.1, -0.05) is 0 Å². The zero-order chi connectivity index (χ0) is 20.9. The third-order valence-corrected chi connectivity index (χ3v) is 6.19. The van der Waals surface area contributed by atoms with Crippen LogP contribution >= 0.6 is 0 Å². The molecule has 2 N–H and O–H groups in total. The van der Waals surface area contributed by atoms with Gasteiger partial charge in [0, 0.05) is 24.5 Å². The Balaban J connectivity index is 1.39. The van der Waals surface area contributed by atoms with Gasteiger partial charge in [-0.2, -0.15) is 5.10 Å². The van der Waals surface area contributed by atoms with Crippen LogP contribution in [0.15, 0.2) is 12.4 Å². The summed E-state index contributed by atoms with van der Waals surface area (Å²) in [6, 6.07) is 0.368. The number of hydrogen-bond acceptors (Lipinski definition) is 7. The molecule has 160 valence electrons. The first-order valence-corrected chi connectivity index (χ1v) is 10.8. The molecule has 2 aliphatic rings. The Labute approximate surface area is 176 Å². The second-order valence-corrected chi connectivity index (χ2v) is 9.38. The lowest BCUT2D eigenvalue weighted by Crippen LogP contribution is -2.46. The second-order valence-electron chi connectivity index (χ2n) is 9.38. The Hall–Kier alpha value is -2.68. The predicted molar refractivity (Wildman–Crippen MR) is 115 cm³/mol. The minimum atomic E-state index is 0.210. The molecule has 0 amide bonds. The highest BCUT2D eigenvalue weighted by atomic mass is 16.5. The van der Waals surface area contributed by atoms with Gasteiger partial charge in [0.15, 0.2) is 5.82 Å². The summed E-state index contributed by atoms with van der Waals surface area (Å²) in [4.78, 5) is 12.0. The first-order valence-electron chi connectivity index (χ1n) is 10.8. The van der Waals surface area contributed by atoms with E-state index in [0.29, 0.717) is 17.8 Å². The van der Waals surface area contributed by atoms with Gasteiger partial charge in [0.1, 0.15) is 22.5 Å². The van der Waals surface area contributed by atoms with Gasteiger partial charge in [-0.15, -0.1) is 5.10 Å². The van der Waals surface area contributed by atoms with Gasteiger partial charge in [-0.3, -0.25) is 14.7 Å². The summed E-state index contributed by atoms with van der Waals surface area (Å²) in [6.07, 6.45) is 8.24. The number of aromatic amines is 1. The molecular weight excluding hydrogens is 380 g/mol. The molecule has 5 rings (SSSR count). The SMILES string of the molecule is COc1nn(C2CCN(C(C)(C)C)CC2)cc1Nc1nc(C2CC2)nc2cn[nH]c12. The molecule has 1 aliphatic heterocycles. The van der Waals surface area contributed by atoms with Crippen LogP contribution in [0.3, 0.4) is 0 Å². The van der Waals surface area contributed by atoms with Gasteiger partial charge in [-0.25, -0.2) is 9.97 Å². The van der Waals surface area contributed by atoms with Gasteiger partial charge in [-0.05, 0) is 46.5 Å². The highest BCUT2D eigenvalue weighted by Gasteiger charge is 2.30. The Kier molecular flexibility index (Phi) is 4.65. The zero-order valence-electron chi connectivity index (χ0n) is 18.1. The lowest BCUT2D eigenvalue weighted by atomic mass is 9.98. The predicted octanol–water partition coefficient (Wildman–Crippen LogP) is 3.61. The van der Waals surface area contributed by atoms with Crippen LogP contribution in [0, 0.1) is 0 Å². The number of nitrogens with zero attached hydrogens (tertiary/aromatic N) is 6. The van der Waals surface area contributed by atoms with Crippen molar-refractivity contribution >= 4 is 22.5 Å². The standard InChI is InChI=1S/C21H30N8O/c1-21(2,3)28-9-7-14(8-10-28)29-12-16(20(27-29)30-4)24-19-17-15(11-22-26-17)23-18(25-19)13-5-6-13/h11-14H,5-10H2,1-4H3,(H,22,26)(H,23,24,25). The van der Waals surface area contributed by atoms with Crippen LogP contribution in [-0.4, -0.2) is 60.6 Å². The van der Waals surface area contributed by atoms with E-state index in [2.05, 4.69) is 46.2 Å². The minimum Gasteiger partial charge on any atom is -0.478 e. The molecule has 0 unspecified atom stereocenters. The fraction of sp³-hybridized carbons (Fsp3) is 0.619. The van der Waals surface area contributed by atoms with Crippen molar-refractivity contribution < 1.29 is 4.74 Å². The number of rotatable bonds is 5. The maximum atomic E-state index is 5.57. The highest BCUT2D eigenvalue weighted by molar-refractivity contribution is 5.87. The third kappa shape index (κ3) is 3.62. The smallest absolute Gasteiger partial charge is 0.256 e. The first-order chi connectivity index (χ1) is 14.4. The molecule has 9 heteroatoms. The Morgan fingerprint density at radius 1 is 1.13 bits per heavy atom. The van der Waals surface area contributed by atoms with Gasteiger partial charge >= 0.3 is 0 Å². The maximum Gasteiger partial charge on any atom is 0.256 e. The van der Waals surface area contributed by atoms with Gasteiger partial charge in [0.2, 0.25) is 0 Å². The number of hydrogen-bond donors (Lipinski definition) is 2. The number of H-pyrrole nitrogens is 1. The number of methoxy groups -OCH3 is 1. The lowest BCUT2D eigenvalue weighted by molar-refractivity contribution is 0.0867. The van der Waals surface area contributed by atoms with E-state index in [1.54, 1.807) is 13.3 Å². The number of ether oxygens (including phenoxy) is 1. The van der Waals surface area contributed by atoms with Crippen molar-refractivity contribution in [2.75, 3.05) is 25.5 Å². The van der Waals surface area contributed by atoms with Gasteiger partial charge in [0.25, 0.3) is 5.88 Å². The number of nitrogens with one attached hydrogen (secondary N) is 2. The summed E-state index contributed by atoms with van der Waals surface area (Å²) >= 11 is 0. The molecule has 0 aromatic carbocycles. The van der Waals surface area contributed by atoms with Crippen LogP contribution in [-0.2, 0) is 0 Å². The average molecular weight is 411 g/mol. The molecule has 1 saturated heterocycles. The van der Waals surface area contributed by atoms with Crippen LogP contribution in [0.4, 0.5) is 11.5 Å². The van der Waals surface area contributed by atoms with E-state index in [9.17, 15) is 0 Å². The molecule has 4 heterocycles. The number of fused-ring (bicyclic) bond motifs is 1. The molecule has 3 aromatic heterocycles. The summed E-state index contributed by atoms with van der Waals surface area (Å²) in [7, 11) is 1.65. The molecule has 2 fully saturated rings. The highest BCUT2D eigenvalue weighted by Crippen LogP contribution is 2.40. The average Bonchev–Trinajstić information content (AvgIpc) is 3.33. The summed E-state index contributed by atoms with van der Waals surface area (Å²) in [5.74, 6) is 2.64. The molecule has 0 bridgehead atoms. The molecule has 3 aromatic rings. The fourth-order valence-corrected chi connectivity index (χ4v) is 4.20. The summed E-state index contributed by atoms with van der Waals surface area (Å²) in [6.45, 7) is 8.98. The molecule has 0 radical (unpaired) electrons. The minimum absolute atomic E-state index is 0.210. The summed E-state index contributed by atoms with van der Waals surface area (Å²) in [5.41, 5.74) is 2.65. The van der Waals surface area contributed by atoms with Crippen LogP contribution in [0.5, 0.6) is 5.88 Å². The van der Waals surface area contributed by atoms with Crippen molar-refractivity contribution in [3.8, 4) is 5.88 Å². The number of likely N-dealkylation sites (tertiary alicyclic amines) is 1. The van der Waals surface area contributed by atoms with Crippen LogP contribution in [0.1, 0.15) is 64.2 Å². The van der Waals surface area contributed by atoms with E-state index in [1.165, 1.54) is 0 Å². The molecule has 1 saturated carbocycles. The lowest BCUT2D eigenvalue weighted by Gasteiger charge is -2.40. The Bertz CT molecular complexity index is 1040. The molecule has 30 heavy (non-hydrogen) atoms. The fourth-order valence-electron chi connectivity index (χ4n) is 4.20. The van der Waals surface area contributed by atoms with Gasteiger partial charge < -0.3 is 10.1 Å². The van der Waals surface area contributed by atoms with E-state index in [1.807, 2.05) is 10.9 Å². The number of piperidine rings is 1. The Morgan fingerprint density at radius 2 is 1.90 bits per heavy atom. The van der Waals surface area contributed by atoms with Crippen molar-refractivity contribution in [2.24, 2.45) is 0 Å². The zero-order valence-corrected chi connectivity index (χ0v) is 18.1. The van der Waals surface area contributed by atoms with Crippen molar-refractivity contribution in [3.05, 3.63) is 18.2 Å². The van der Waals surface area contributed by atoms with E-state index in [4.69, 9.17) is 14.8 Å². The maximum absolute atomic E-state index is 5.57. The normalized spacial score (nSPS) is 18.8. The van der Waals surface area contributed by atoms with E-state index in [-0.39, 0.29) is 5.54 Å². The largest absolute Gasteiger partial charge is 0.478 e. The quantitative estimate of drug-likeness (QED) is 0.663. The van der Waals surface area contributed by atoms with E-state index in [0.717, 1.165) is 67.1 Å². The monoisotopic (exact) mass is 410 g/mol. The van der Waals surface area contributed by atoms with Crippen molar-refractivity contribution in [3.63, 3.8) is 0 Å². The number of aromatic nitrogens is 6. The molecule has 0 spiro atoms. The molecule has 1 aliphatic carbocycles. The summed E-state index contributed by atoms with van der Waals surface area (Å²) < 4.78 is 7.62. The molecule has 0 atom stereocenters. The van der Waals surface area contributed by atoms with Crippen molar-refractivity contribution in [1.82, 2.24) is 34.8 Å². The van der Waals surface area contributed by atoms with E-state index < -0.39 is 0 Å². The van der Waals surface area contributed by atoms with Crippen LogP contribution in [0.2, 0.25) is 0 Å². The third-order valence-electron chi connectivity index (χ3n) is 6.19. The Morgan fingerprint density at radius 3 is 2.57 bits per heavy atom. The van der Waals surface area contributed by atoms with Crippen molar-refractivity contribution in [1.29, 1.82) is 0 Å². The summed E-state index contributed by atoms with van der Waals surface area (Å²) in [5, 5.41) is 15.3. The van der Waals surface area contributed by atoms with Gasteiger partial charge in [0.05, 0.1) is 25.5 Å². The number of anilines is 2.